The highest BCUT2D eigenvalue weighted by Crippen LogP contribution is 2.39. The molecule has 0 unspecified atom stereocenters. The zero-order chi connectivity index (χ0) is 33.7. The second kappa shape index (κ2) is 11.9. The van der Waals surface area contributed by atoms with Crippen molar-refractivity contribution in [2.75, 3.05) is 0 Å². The van der Waals surface area contributed by atoms with E-state index in [-0.39, 0.29) is 0 Å². The smallest absolute Gasteiger partial charge is 0.166 e. The lowest BCUT2D eigenvalue weighted by Gasteiger charge is -2.11. The third kappa shape index (κ3) is 5.11. The topological polar surface area (TPSA) is 64.7 Å². The Hall–Kier alpha value is -6.98. The van der Waals surface area contributed by atoms with Gasteiger partial charge in [0.05, 0.1) is 5.52 Å². The summed E-state index contributed by atoms with van der Waals surface area (Å²) in [5, 5.41) is 5.37. The minimum Gasteiger partial charge on any atom is -0.456 e. The van der Waals surface area contributed by atoms with Crippen LogP contribution in [0.4, 0.5) is 0 Å². The molecule has 10 aromatic rings. The van der Waals surface area contributed by atoms with Crippen molar-refractivity contribution in [1.29, 1.82) is 0 Å². The van der Waals surface area contributed by atoms with Gasteiger partial charge in [0.1, 0.15) is 11.2 Å². The molecule has 0 N–H and O–H groups in total. The number of nitrogens with zero attached hydrogens (tertiary/aromatic N) is 4. The van der Waals surface area contributed by atoms with Crippen molar-refractivity contribution in [3.05, 3.63) is 170 Å². The van der Waals surface area contributed by atoms with Crippen LogP contribution in [0, 0.1) is 0 Å². The number of furan rings is 1. The van der Waals surface area contributed by atoms with Crippen LogP contribution in [0.2, 0.25) is 0 Å². The Morgan fingerprint density at radius 1 is 0.373 bits per heavy atom. The van der Waals surface area contributed by atoms with Gasteiger partial charge < -0.3 is 4.42 Å². The predicted molar refractivity (Wildman–Crippen MR) is 207 cm³/mol. The molecule has 0 spiro atoms. The molecule has 0 saturated heterocycles. The Balaban J connectivity index is 1.12. The van der Waals surface area contributed by atoms with Crippen LogP contribution in [0.25, 0.3) is 100 Å². The Morgan fingerprint density at radius 3 is 1.71 bits per heavy atom. The molecule has 5 nitrogen and oxygen atoms in total. The van der Waals surface area contributed by atoms with E-state index in [0.29, 0.717) is 17.5 Å². The average Bonchev–Trinajstić information content (AvgIpc) is 3.59. The zero-order valence-electron chi connectivity index (χ0n) is 27.4. The zero-order valence-corrected chi connectivity index (χ0v) is 27.4. The van der Waals surface area contributed by atoms with Crippen LogP contribution < -0.4 is 0 Å². The predicted octanol–water partition coefficient (Wildman–Crippen LogP) is 11.8. The fraction of sp³-hybridized carbons (Fsp3) is 0. The van der Waals surface area contributed by atoms with Gasteiger partial charge in [-0.15, -0.1) is 0 Å². The van der Waals surface area contributed by atoms with Gasteiger partial charge in [-0.3, -0.25) is 4.98 Å². The van der Waals surface area contributed by atoms with Gasteiger partial charge in [0.2, 0.25) is 0 Å². The molecule has 0 amide bonds. The van der Waals surface area contributed by atoms with Crippen molar-refractivity contribution in [2.45, 2.75) is 0 Å². The number of aromatic nitrogens is 4. The van der Waals surface area contributed by atoms with Crippen LogP contribution in [0.1, 0.15) is 0 Å². The van der Waals surface area contributed by atoms with E-state index in [2.05, 4.69) is 121 Å². The van der Waals surface area contributed by atoms with Crippen LogP contribution >= 0.6 is 0 Å². The lowest BCUT2D eigenvalue weighted by atomic mass is 9.99. The molecule has 10 rings (SSSR count). The lowest BCUT2D eigenvalue weighted by Crippen LogP contribution is -2.01. The molecule has 0 atom stereocenters. The first kappa shape index (κ1) is 29.0. The van der Waals surface area contributed by atoms with Gasteiger partial charge in [-0.2, -0.15) is 0 Å². The van der Waals surface area contributed by atoms with Crippen molar-refractivity contribution in [3.63, 3.8) is 0 Å². The largest absolute Gasteiger partial charge is 0.456 e. The minimum absolute atomic E-state index is 0.537. The average molecular weight is 653 g/mol. The highest BCUT2D eigenvalue weighted by molar-refractivity contribution is 6.20. The maximum absolute atomic E-state index is 6.39. The van der Waals surface area contributed by atoms with E-state index in [1.165, 1.54) is 11.1 Å². The fourth-order valence-corrected chi connectivity index (χ4v) is 7.02. The standard InChI is InChI=1S/C46H28N4O/c1-2-9-29(10-3-1)31-16-18-32(19-17-31)33-20-23-34(24-21-33)44-48-45(36-25-22-30-11-4-5-12-35(30)27-36)50-46(49-44)39-28-41-42(38-14-8-26-47-43(38)39)37-13-6-7-15-40(37)51-41/h1-28H. The number of hydrogen-bond donors (Lipinski definition) is 0. The van der Waals surface area contributed by atoms with E-state index < -0.39 is 0 Å². The monoisotopic (exact) mass is 652 g/mol. The van der Waals surface area contributed by atoms with Crippen molar-refractivity contribution in [1.82, 2.24) is 19.9 Å². The van der Waals surface area contributed by atoms with Crippen LogP contribution in [-0.4, -0.2) is 19.9 Å². The number of pyridine rings is 1. The number of fused-ring (bicyclic) bond motifs is 6. The summed E-state index contributed by atoms with van der Waals surface area (Å²) in [6, 6.07) is 56.4. The summed E-state index contributed by atoms with van der Waals surface area (Å²) in [5.41, 5.74) is 9.67. The maximum Gasteiger partial charge on any atom is 0.166 e. The number of rotatable bonds is 5. The lowest BCUT2D eigenvalue weighted by molar-refractivity contribution is 0.669. The Kier molecular flexibility index (Phi) is 6.74. The van der Waals surface area contributed by atoms with Crippen LogP contribution in [0.5, 0.6) is 0 Å². The first-order valence-corrected chi connectivity index (χ1v) is 17.0. The first-order valence-electron chi connectivity index (χ1n) is 17.0. The van der Waals surface area contributed by atoms with Crippen molar-refractivity contribution < 1.29 is 4.42 Å². The summed E-state index contributed by atoms with van der Waals surface area (Å²) in [6.45, 7) is 0. The third-order valence-corrected chi connectivity index (χ3v) is 9.58. The quantitative estimate of drug-likeness (QED) is 0.185. The molecule has 0 radical (unpaired) electrons. The van der Waals surface area contributed by atoms with E-state index in [0.717, 1.165) is 71.4 Å². The second-order valence-electron chi connectivity index (χ2n) is 12.7. The Labute approximate surface area is 293 Å². The van der Waals surface area contributed by atoms with Gasteiger partial charge in [0.25, 0.3) is 0 Å². The van der Waals surface area contributed by atoms with E-state index >= 15 is 0 Å². The molecule has 0 fully saturated rings. The number of benzene rings is 7. The molecular weight excluding hydrogens is 625 g/mol. The second-order valence-corrected chi connectivity index (χ2v) is 12.7. The molecule has 7 aromatic carbocycles. The molecule has 0 saturated carbocycles. The highest BCUT2D eigenvalue weighted by Gasteiger charge is 2.20. The molecule has 5 heteroatoms. The van der Waals surface area contributed by atoms with Gasteiger partial charge in [0.15, 0.2) is 17.5 Å². The van der Waals surface area contributed by atoms with Crippen molar-refractivity contribution in [3.8, 4) is 56.4 Å². The van der Waals surface area contributed by atoms with Gasteiger partial charge in [-0.1, -0.05) is 140 Å². The molecular formula is C46H28N4O. The summed E-state index contributed by atoms with van der Waals surface area (Å²) < 4.78 is 6.39. The van der Waals surface area contributed by atoms with Crippen LogP contribution in [-0.2, 0) is 0 Å². The summed E-state index contributed by atoms with van der Waals surface area (Å²) in [5.74, 6) is 1.72. The molecule has 0 aliphatic rings. The Morgan fingerprint density at radius 2 is 0.941 bits per heavy atom. The third-order valence-electron chi connectivity index (χ3n) is 9.58. The molecule has 3 heterocycles. The SMILES string of the molecule is c1ccc(-c2ccc(-c3ccc(-c4nc(-c5ccc6ccccc6c5)nc(-c5cc6oc7ccccc7c6c6cccnc56)n4)cc3)cc2)cc1. The van der Waals surface area contributed by atoms with Crippen molar-refractivity contribution >= 4 is 43.6 Å². The number of hydrogen-bond acceptors (Lipinski definition) is 5. The van der Waals surface area contributed by atoms with Gasteiger partial charge in [-0.25, -0.2) is 15.0 Å². The van der Waals surface area contributed by atoms with Gasteiger partial charge >= 0.3 is 0 Å². The highest BCUT2D eigenvalue weighted by atomic mass is 16.3. The van der Waals surface area contributed by atoms with E-state index in [9.17, 15) is 0 Å². The first-order chi connectivity index (χ1) is 25.2. The molecule has 238 valence electrons. The molecule has 0 aliphatic carbocycles. The van der Waals surface area contributed by atoms with E-state index in [1.54, 1.807) is 0 Å². The maximum atomic E-state index is 6.39. The van der Waals surface area contributed by atoms with Crippen molar-refractivity contribution in [2.24, 2.45) is 0 Å². The fourth-order valence-electron chi connectivity index (χ4n) is 7.02. The van der Waals surface area contributed by atoms with E-state index in [4.69, 9.17) is 24.4 Å². The van der Waals surface area contributed by atoms with E-state index in [1.807, 2.05) is 48.7 Å². The van der Waals surface area contributed by atoms with Crippen LogP contribution in [0.15, 0.2) is 174 Å². The van der Waals surface area contributed by atoms with Gasteiger partial charge in [0, 0.05) is 39.0 Å². The molecule has 0 aliphatic heterocycles. The van der Waals surface area contributed by atoms with Gasteiger partial charge in [-0.05, 0) is 57.3 Å². The summed E-state index contributed by atoms with van der Waals surface area (Å²) in [4.78, 5) is 20.2. The summed E-state index contributed by atoms with van der Waals surface area (Å²) >= 11 is 0. The normalized spacial score (nSPS) is 11.5. The summed E-state index contributed by atoms with van der Waals surface area (Å²) in [6.07, 6.45) is 1.82. The number of para-hydroxylation sites is 1. The Bertz CT molecular complexity index is 2900. The molecule has 3 aromatic heterocycles. The minimum atomic E-state index is 0.537. The molecule has 51 heavy (non-hydrogen) atoms. The molecule has 0 bridgehead atoms. The van der Waals surface area contributed by atoms with Crippen LogP contribution in [0.3, 0.4) is 0 Å². The summed E-state index contributed by atoms with van der Waals surface area (Å²) in [7, 11) is 0.